The van der Waals surface area contributed by atoms with Crippen LogP contribution in [0.25, 0.3) is 10.9 Å². The fourth-order valence-corrected chi connectivity index (χ4v) is 5.09. The Kier molecular flexibility index (Phi) is 4.84. The van der Waals surface area contributed by atoms with Gasteiger partial charge in [-0.15, -0.1) is 0 Å². The maximum absolute atomic E-state index is 12.7. The maximum Gasteiger partial charge on any atom is 0.233 e. The van der Waals surface area contributed by atoms with Crippen molar-refractivity contribution >= 4 is 34.5 Å². The fourth-order valence-electron chi connectivity index (χ4n) is 4.21. The molecule has 0 bridgehead atoms. The van der Waals surface area contributed by atoms with Gasteiger partial charge in [0.05, 0.1) is 22.3 Å². The number of piperidine rings is 1. The quantitative estimate of drug-likeness (QED) is 0.765. The van der Waals surface area contributed by atoms with Crippen molar-refractivity contribution in [3.8, 4) is 0 Å². The molecule has 4 rings (SSSR count). The van der Waals surface area contributed by atoms with Gasteiger partial charge in [0, 0.05) is 31.9 Å². The highest BCUT2D eigenvalue weighted by Crippen LogP contribution is 2.32. The summed E-state index contributed by atoms with van der Waals surface area (Å²) in [5, 5.41) is 2.06. The summed E-state index contributed by atoms with van der Waals surface area (Å²) >= 11 is 1.50. The Hall–Kier alpha value is -2.08. The molecule has 27 heavy (non-hydrogen) atoms. The van der Waals surface area contributed by atoms with Crippen molar-refractivity contribution in [2.24, 2.45) is 5.92 Å². The molecule has 2 aromatic rings. The van der Waals surface area contributed by atoms with Gasteiger partial charge in [-0.1, -0.05) is 23.4 Å². The van der Waals surface area contributed by atoms with Gasteiger partial charge in [0.1, 0.15) is 0 Å². The zero-order chi connectivity index (χ0) is 19.1. The van der Waals surface area contributed by atoms with Crippen LogP contribution < -0.4 is 0 Å². The van der Waals surface area contributed by atoms with Gasteiger partial charge in [0.2, 0.25) is 11.8 Å². The second-order valence-electron chi connectivity index (χ2n) is 7.75. The minimum atomic E-state index is 0.134. The summed E-state index contributed by atoms with van der Waals surface area (Å²) in [5.41, 5.74) is 3.38. The van der Waals surface area contributed by atoms with Crippen molar-refractivity contribution in [1.29, 1.82) is 0 Å². The van der Waals surface area contributed by atoms with Crippen LogP contribution in [0.2, 0.25) is 0 Å². The Balaban J connectivity index is 1.41. The van der Waals surface area contributed by atoms with Crippen molar-refractivity contribution < 1.29 is 9.59 Å². The largest absolute Gasteiger partial charge is 0.341 e. The molecule has 2 saturated heterocycles. The maximum atomic E-state index is 12.7. The summed E-state index contributed by atoms with van der Waals surface area (Å²) in [6, 6.07) is 8.51. The number of hydrogen-bond acceptors (Lipinski definition) is 4. The number of likely N-dealkylation sites (N-methyl/N-ethyl adjacent to an activating group) is 1. The van der Waals surface area contributed by atoms with E-state index in [1.165, 1.54) is 28.3 Å². The van der Waals surface area contributed by atoms with Crippen molar-refractivity contribution in [3.05, 3.63) is 35.4 Å². The van der Waals surface area contributed by atoms with Crippen LogP contribution in [0.5, 0.6) is 0 Å². The average Bonchev–Trinajstić information content (AvgIpc) is 2.94. The number of thioether (sulfide) groups is 1. The SMILES string of the molecule is Cc1ccc2nc(SCC(=O)N3CC[C@@H]4CC(=O)N(C)[C@@H]4C3)cc(C)c2c1. The molecule has 2 atom stereocenters. The van der Waals surface area contributed by atoms with E-state index in [4.69, 9.17) is 4.98 Å². The number of fused-ring (bicyclic) bond motifs is 2. The predicted octanol–water partition coefficient (Wildman–Crippen LogP) is 3.02. The lowest BCUT2D eigenvalue weighted by molar-refractivity contribution is -0.132. The van der Waals surface area contributed by atoms with Crippen molar-refractivity contribution in [1.82, 2.24) is 14.8 Å². The second kappa shape index (κ2) is 7.15. The highest BCUT2D eigenvalue weighted by atomic mass is 32.2. The van der Waals surface area contributed by atoms with Gasteiger partial charge in [0.25, 0.3) is 0 Å². The predicted molar refractivity (Wildman–Crippen MR) is 108 cm³/mol. The van der Waals surface area contributed by atoms with E-state index in [1.54, 1.807) is 0 Å². The molecular weight excluding hydrogens is 358 g/mol. The van der Waals surface area contributed by atoms with Crippen LogP contribution in [0.3, 0.4) is 0 Å². The Bertz CT molecular complexity index is 914. The third-order valence-electron chi connectivity index (χ3n) is 5.89. The third kappa shape index (κ3) is 3.55. The van der Waals surface area contributed by atoms with Crippen LogP contribution in [-0.4, -0.2) is 58.5 Å². The summed E-state index contributed by atoms with van der Waals surface area (Å²) < 4.78 is 0. The summed E-state index contributed by atoms with van der Waals surface area (Å²) in [6.45, 7) is 5.59. The summed E-state index contributed by atoms with van der Waals surface area (Å²) in [7, 11) is 1.86. The molecule has 1 aromatic heterocycles. The second-order valence-corrected chi connectivity index (χ2v) is 8.75. The third-order valence-corrected chi connectivity index (χ3v) is 6.79. The zero-order valence-electron chi connectivity index (χ0n) is 16.1. The molecule has 2 aliphatic rings. The Labute approximate surface area is 164 Å². The molecule has 3 heterocycles. The molecule has 2 fully saturated rings. The normalized spacial score (nSPS) is 22.4. The van der Waals surface area contributed by atoms with Crippen molar-refractivity contribution in [2.75, 3.05) is 25.9 Å². The van der Waals surface area contributed by atoms with E-state index in [2.05, 4.69) is 32.0 Å². The van der Waals surface area contributed by atoms with Crippen LogP contribution in [0, 0.1) is 19.8 Å². The molecule has 2 amide bonds. The first kappa shape index (κ1) is 18.3. The highest BCUT2D eigenvalue weighted by Gasteiger charge is 2.41. The Morgan fingerprint density at radius 2 is 2.11 bits per heavy atom. The Morgan fingerprint density at radius 3 is 2.93 bits per heavy atom. The number of aromatic nitrogens is 1. The van der Waals surface area contributed by atoms with E-state index < -0.39 is 0 Å². The highest BCUT2D eigenvalue weighted by molar-refractivity contribution is 7.99. The Morgan fingerprint density at radius 1 is 1.30 bits per heavy atom. The van der Waals surface area contributed by atoms with Crippen molar-refractivity contribution in [3.63, 3.8) is 0 Å². The number of aryl methyl sites for hydroxylation is 2. The number of carbonyl (C=O) groups excluding carboxylic acids is 2. The fraction of sp³-hybridized carbons (Fsp3) is 0.476. The van der Waals surface area contributed by atoms with Crippen LogP contribution in [0.1, 0.15) is 24.0 Å². The first-order valence-electron chi connectivity index (χ1n) is 9.46. The molecule has 0 saturated carbocycles. The molecule has 0 unspecified atom stereocenters. The number of pyridine rings is 1. The monoisotopic (exact) mass is 383 g/mol. The smallest absolute Gasteiger partial charge is 0.233 e. The number of carbonyl (C=O) groups is 2. The molecule has 0 spiro atoms. The molecule has 0 N–H and O–H groups in total. The lowest BCUT2D eigenvalue weighted by Crippen LogP contribution is -2.50. The van der Waals surface area contributed by atoms with Crippen LogP contribution in [0.4, 0.5) is 0 Å². The summed E-state index contributed by atoms with van der Waals surface area (Å²) in [5.74, 6) is 1.14. The molecule has 6 heteroatoms. The van der Waals surface area contributed by atoms with Crippen molar-refractivity contribution in [2.45, 2.75) is 37.8 Å². The standard InChI is InChI=1S/C21H25N3O2S/c1-13-4-5-17-16(8-13)14(2)9-19(22-17)27-12-21(26)24-7-6-15-10-20(25)23(3)18(15)11-24/h4-5,8-9,15,18H,6-7,10-12H2,1-3H3/t15-,18-/m1/s1. The van der Waals surface area contributed by atoms with Gasteiger partial charge in [0.15, 0.2) is 0 Å². The van der Waals surface area contributed by atoms with E-state index in [-0.39, 0.29) is 17.9 Å². The molecule has 0 radical (unpaired) electrons. The number of nitrogens with zero attached hydrogens (tertiary/aromatic N) is 3. The van der Waals surface area contributed by atoms with Gasteiger partial charge in [-0.3, -0.25) is 9.59 Å². The van der Waals surface area contributed by atoms with Gasteiger partial charge >= 0.3 is 0 Å². The molecule has 2 aliphatic heterocycles. The van der Waals surface area contributed by atoms with Gasteiger partial charge in [-0.25, -0.2) is 4.98 Å². The first-order chi connectivity index (χ1) is 12.9. The lowest BCUT2D eigenvalue weighted by Gasteiger charge is -2.37. The van der Waals surface area contributed by atoms with E-state index in [0.29, 0.717) is 24.6 Å². The zero-order valence-corrected chi connectivity index (χ0v) is 16.9. The van der Waals surface area contributed by atoms with Crippen LogP contribution >= 0.6 is 11.8 Å². The number of hydrogen-bond donors (Lipinski definition) is 0. The molecule has 5 nitrogen and oxygen atoms in total. The minimum absolute atomic E-state index is 0.134. The number of likely N-dealkylation sites (tertiary alicyclic amines) is 2. The van der Waals surface area contributed by atoms with Gasteiger partial charge in [-0.2, -0.15) is 0 Å². The lowest BCUT2D eigenvalue weighted by atomic mass is 9.92. The molecular formula is C21H25N3O2S. The number of benzene rings is 1. The number of rotatable bonds is 3. The summed E-state index contributed by atoms with van der Waals surface area (Å²) in [4.78, 5) is 33.1. The van der Waals surface area contributed by atoms with Gasteiger partial charge < -0.3 is 9.80 Å². The minimum Gasteiger partial charge on any atom is -0.341 e. The topological polar surface area (TPSA) is 53.5 Å². The van der Waals surface area contributed by atoms with Crippen LogP contribution in [0.15, 0.2) is 29.3 Å². The molecule has 0 aliphatic carbocycles. The van der Waals surface area contributed by atoms with E-state index >= 15 is 0 Å². The average molecular weight is 384 g/mol. The van der Waals surface area contributed by atoms with E-state index in [0.717, 1.165) is 23.5 Å². The molecule has 142 valence electrons. The van der Waals surface area contributed by atoms with E-state index in [1.807, 2.05) is 22.9 Å². The molecule has 1 aromatic carbocycles. The van der Waals surface area contributed by atoms with Crippen LogP contribution in [-0.2, 0) is 9.59 Å². The van der Waals surface area contributed by atoms with E-state index in [9.17, 15) is 9.59 Å². The van der Waals surface area contributed by atoms with Gasteiger partial charge in [-0.05, 0) is 49.9 Å². The summed E-state index contributed by atoms with van der Waals surface area (Å²) in [6.07, 6.45) is 1.56. The number of amides is 2. The first-order valence-corrected chi connectivity index (χ1v) is 10.4.